The quantitative estimate of drug-likeness (QED) is 0.453. The number of nitriles is 1. The predicted octanol–water partition coefficient (Wildman–Crippen LogP) is 4.56. The van der Waals surface area contributed by atoms with Gasteiger partial charge in [0.05, 0.1) is 23.9 Å². The van der Waals surface area contributed by atoms with Gasteiger partial charge >= 0.3 is 0 Å². The van der Waals surface area contributed by atoms with Crippen molar-refractivity contribution in [2.24, 2.45) is 0 Å². The molecule has 2 heterocycles. The molecule has 1 amide bonds. The van der Waals surface area contributed by atoms with Crippen LogP contribution in [0.5, 0.6) is 0 Å². The first-order valence-corrected chi connectivity index (χ1v) is 11.8. The van der Waals surface area contributed by atoms with E-state index in [1.54, 1.807) is 4.90 Å². The van der Waals surface area contributed by atoms with Crippen LogP contribution in [-0.4, -0.2) is 46.1 Å². The molecule has 4 rings (SSSR count). The van der Waals surface area contributed by atoms with Crippen molar-refractivity contribution < 1.29 is 4.79 Å². The molecule has 0 atom stereocenters. The molecule has 0 saturated carbocycles. The van der Waals surface area contributed by atoms with E-state index in [1.807, 2.05) is 59.2 Å². The molecule has 1 fully saturated rings. The van der Waals surface area contributed by atoms with Crippen molar-refractivity contribution in [2.75, 3.05) is 35.2 Å². The molecular formula is C23H23ClN6OS. The van der Waals surface area contributed by atoms with Crippen LogP contribution in [0.25, 0.3) is 5.69 Å². The fourth-order valence-electron chi connectivity index (χ4n) is 3.69. The minimum absolute atomic E-state index is 0.0835. The third kappa shape index (κ3) is 5.06. The molecule has 9 heteroatoms. The lowest BCUT2D eigenvalue weighted by Gasteiger charge is -2.22. The zero-order chi connectivity index (χ0) is 22.3. The Morgan fingerprint density at radius 2 is 1.91 bits per heavy atom. The average Bonchev–Trinajstić information content (AvgIpc) is 3.48. The van der Waals surface area contributed by atoms with Gasteiger partial charge in [0.1, 0.15) is 0 Å². The van der Waals surface area contributed by atoms with E-state index in [2.05, 4.69) is 21.2 Å². The first-order valence-electron chi connectivity index (χ1n) is 10.5. The number of aromatic nitrogens is 3. The van der Waals surface area contributed by atoms with Crippen molar-refractivity contribution in [1.82, 2.24) is 14.8 Å². The van der Waals surface area contributed by atoms with E-state index in [0.717, 1.165) is 43.3 Å². The molecule has 3 aromatic rings. The number of anilines is 2. The van der Waals surface area contributed by atoms with Crippen molar-refractivity contribution in [2.45, 2.75) is 24.4 Å². The van der Waals surface area contributed by atoms with Crippen molar-refractivity contribution in [3.05, 3.63) is 59.6 Å². The van der Waals surface area contributed by atoms with E-state index in [1.165, 1.54) is 11.8 Å². The van der Waals surface area contributed by atoms with E-state index >= 15 is 0 Å². The SMILES string of the molecule is N#CCCN(C(=O)CSc1nnc(N2CCCC2)n1-c1cccc(Cl)c1)c1ccccc1. The van der Waals surface area contributed by atoms with Gasteiger partial charge in [-0.2, -0.15) is 5.26 Å². The van der Waals surface area contributed by atoms with Gasteiger partial charge in [0.2, 0.25) is 11.9 Å². The monoisotopic (exact) mass is 466 g/mol. The number of rotatable bonds is 8. The van der Waals surface area contributed by atoms with Crippen molar-refractivity contribution in [3.63, 3.8) is 0 Å². The number of para-hydroxylation sites is 1. The smallest absolute Gasteiger partial charge is 0.237 e. The Morgan fingerprint density at radius 1 is 1.12 bits per heavy atom. The molecule has 0 bridgehead atoms. The Hall–Kier alpha value is -3.02. The number of nitrogens with zero attached hydrogens (tertiary/aromatic N) is 6. The van der Waals surface area contributed by atoms with Gasteiger partial charge in [-0.3, -0.25) is 9.36 Å². The van der Waals surface area contributed by atoms with Gasteiger partial charge in [-0.05, 0) is 43.2 Å². The van der Waals surface area contributed by atoms with E-state index in [4.69, 9.17) is 16.9 Å². The third-order valence-corrected chi connectivity index (χ3v) is 6.36. The van der Waals surface area contributed by atoms with E-state index < -0.39 is 0 Å². The fourth-order valence-corrected chi connectivity index (χ4v) is 4.70. The summed E-state index contributed by atoms with van der Waals surface area (Å²) >= 11 is 7.59. The van der Waals surface area contributed by atoms with Crippen LogP contribution in [0.15, 0.2) is 59.8 Å². The molecular weight excluding hydrogens is 444 g/mol. The van der Waals surface area contributed by atoms with Crippen molar-refractivity contribution in [3.8, 4) is 11.8 Å². The summed E-state index contributed by atoms with van der Waals surface area (Å²) in [5, 5.41) is 19.1. The Balaban J connectivity index is 1.58. The van der Waals surface area contributed by atoms with Crippen LogP contribution in [-0.2, 0) is 4.79 Å². The molecule has 2 aromatic carbocycles. The van der Waals surface area contributed by atoms with Crippen LogP contribution in [0.4, 0.5) is 11.6 Å². The number of benzene rings is 2. The summed E-state index contributed by atoms with van der Waals surface area (Å²) in [4.78, 5) is 17.0. The maximum absolute atomic E-state index is 13.1. The van der Waals surface area contributed by atoms with Gasteiger partial charge in [0.25, 0.3) is 0 Å². The van der Waals surface area contributed by atoms with Gasteiger partial charge in [0.15, 0.2) is 5.16 Å². The van der Waals surface area contributed by atoms with E-state index in [0.29, 0.717) is 16.7 Å². The molecule has 32 heavy (non-hydrogen) atoms. The van der Waals surface area contributed by atoms with Gasteiger partial charge < -0.3 is 9.80 Å². The Morgan fingerprint density at radius 3 is 2.62 bits per heavy atom. The second kappa shape index (κ2) is 10.5. The van der Waals surface area contributed by atoms with Crippen molar-refractivity contribution in [1.29, 1.82) is 5.26 Å². The summed E-state index contributed by atoms with van der Waals surface area (Å²) in [7, 11) is 0. The molecule has 0 spiro atoms. The van der Waals surface area contributed by atoms with Crippen molar-refractivity contribution >= 4 is 40.9 Å². The van der Waals surface area contributed by atoms with Gasteiger partial charge in [-0.25, -0.2) is 0 Å². The molecule has 1 aliphatic heterocycles. The van der Waals surface area contributed by atoms with Crippen LogP contribution in [0.2, 0.25) is 5.02 Å². The van der Waals surface area contributed by atoms with E-state index in [9.17, 15) is 4.79 Å². The lowest BCUT2D eigenvalue weighted by Crippen LogP contribution is -2.33. The number of carbonyl (C=O) groups is 1. The summed E-state index contributed by atoms with van der Waals surface area (Å²) in [6, 6.07) is 19.1. The molecule has 0 unspecified atom stereocenters. The molecule has 164 valence electrons. The van der Waals surface area contributed by atoms with Gasteiger partial charge in [0, 0.05) is 30.3 Å². The van der Waals surface area contributed by atoms with Gasteiger partial charge in [-0.1, -0.05) is 47.6 Å². The fraction of sp³-hybridized carbons (Fsp3) is 0.304. The highest BCUT2D eigenvalue weighted by atomic mass is 35.5. The zero-order valence-electron chi connectivity index (χ0n) is 17.5. The average molecular weight is 467 g/mol. The van der Waals surface area contributed by atoms with Crippen LogP contribution in [0, 0.1) is 11.3 Å². The molecule has 0 aliphatic carbocycles. The first kappa shape index (κ1) is 22.2. The first-order chi connectivity index (χ1) is 15.7. The largest absolute Gasteiger partial charge is 0.341 e. The Bertz CT molecular complexity index is 1110. The highest BCUT2D eigenvalue weighted by Gasteiger charge is 2.24. The number of carbonyl (C=O) groups excluding carboxylic acids is 1. The number of hydrogen-bond donors (Lipinski definition) is 0. The molecule has 0 radical (unpaired) electrons. The predicted molar refractivity (Wildman–Crippen MR) is 128 cm³/mol. The maximum atomic E-state index is 13.1. The summed E-state index contributed by atoms with van der Waals surface area (Å²) in [5.41, 5.74) is 1.64. The minimum Gasteiger partial charge on any atom is -0.341 e. The highest BCUT2D eigenvalue weighted by molar-refractivity contribution is 7.99. The summed E-state index contributed by atoms with van der Waals surface area (Å²) in [6.07, 6.45) is 2.51. The molecule has 7 nitrogen and oxygen atoms in total. The Labute approximate surface area is 196 Å². The summed E-state index contributed by atoms with van der Waals surface area (Å²) in [5.74, 6) is 0.864. The zero-order valence-corrected chi connectivity index (χ0v) is 19.1. The highest BCUT2D eigenvalue weighted by Crippen LogP contribution is 2.30. The van der Waals surface area contributed by atoms with Gasteiger partial charge in [-0.15, -0.1) is 10.2 Å². The van der Waals surface area contributed by atoms with Crippen LogP contribution in [0.1, 0.15) is 19.3 Å². The number of halogens is 1. The topological polar surface area (TPSA) is 78.0 Å². The van der Waals surface area contributed by atoms with Crippen LogP contribution in [0.3, 0.4) is 0 Å². The standard InChI is InChI=1S/C23H23ClN6OS/c24-18-8-6-11-20(16-18)30-22(28-13-4-5-14-28)26-27-23(30)32-17-21(31)29(15-7-12-25)19-9-2-1-3-10-19/h1-3,6,8-11,16H,4-5,7,13-15,17H2. The number of amides is 1. The Kier molecular flexibility index (Phi) is 7.30. The van der Waals surface area contributed by atoms with E-state index in [-0.39, 0.29) is 18.1 Å². The van der Waals surface area contributed by atoms with Crippen LogP contribution >= 0.6 is 23.4 Å². The normalized spacial score (nSPS) is 13.2. The third-order valence-electron chi connectivity index (χ3n) is 5.21. The second-order valence-corrected chi connectivity index (χ2v) is 8.75. The maximum Gasteiger partial charge on any atom is 0.237 e. The number of thioether (sulfide) groups is 1. The minimum atomic E-state index is -0.0835. The summed E-state index contributed by atoms with van der Waals surface area (Å²) < 4.78 is 1.97. The summed E-state index contributed by atoms with van der Waals surface area (Å²) in [6.45, 7) is 2.20. The molecule has 1 aromatic heterocycles. The molecule has 0 N–H and O–H groups in total. The lowest BCUT2D eigenvalue weighted by molar-refractivity contribution is -0.116. The molecule has 1 aliphatic rings. The van der Waals surface area contributed by atoms with Crippen LogP contribution < -0.4 is 9.80 Å². The second-order valence-electron chi connectivity index (χ2n) is 7.37. The number of hydrogen-bond acceptors (Lipinski definition) is 6. The lowest BCUT2D eigenvalue weighted by atomic mass is 10.2. The molecule has 1 saturated heterocycles.